The van der Waals surface area contributed by atoms with Crippen molar-refractivity contribution in [2.24, 2.45) is 0 Å². The summed E-state index contributed by atoms with van der Waals surface area (Å²) in [5.74, 6) is -0.686. The molecule has 4 nitrogen and oxygen atoms in total. The van der Waals surface area contributed by atoms with Crippen LogP contribution in [0.2, 0.25) is 0 Å². The molecule has 0 rings (SSSR count). The van der Waals surface area contributed by atoms with E-state index in [0.717, 1.165) is 51.4 Å². The highest BCUT2D eigenvalue weighted by atomic mass is 16.5. The number of methoxy groups -OCH3 is 2. The molecule has 26 heavy (non-hydrogen) atoms. The van der Waals surface area contributed by atoms with Crippen LogP contribution in [0.1, 0.15) is 96.8 Å². The largest absolute Gasteiger partial charge is 0.481 e. The maximum atomic E-state index is 10.5. The summed E-state index contributed by atoms with van der Waals surface area (Å²) >= 11 is 0. The monoisotopic (exact) mass is 370 g/mol. The summed E-state index contributed by atoms with van der Waals surface area (Å²) in [5.41, 5.74) is 0. The van der Waals surface area contributed by atoms with Gasteiger partial charge in [0.2, 0.25) is 0 Å². The molecule has 0 radical (unpaired) electrons. The predicted octanol–water partition coefficient (Wildman–Crippen LogP) is 6.14. The fourth-order valence-corrected chi connectivity index (χ4v) is 3.15. The first kappa shape index (κ1) is 25.1. The molecule has 0 aromatic rings. The highest BCUT2D eigenvalue weighted by molar-refractivity contribution is 5.66. The summed E-state index contributed by atoms with van der Waals surface area (Å²) in [6.45, 7) is 2.24. The maximum Gasteiger partial charge on any atom is 0.303 e. The Hall–Kier alpha value is -0.870. The molecule has 0 saturated heterocycles. The molecule has 0 aliphatic rings. The second kappa shape index (κ2) is 18.9. The van der Waals surface area contributed by atoms with Crippen LogP contribution < -0.4 is 0 Å². The number of aliphatic carboxylic acids is 1. The Morgan fingerprint density at radius 2 is 1.54 bits per heavy atom. The fraction of sp³-hybridized carbons (Fsp3) is 0.864. The lowest BCUT2D eigenvalue weighted by molar-refractivity contribution is -0.137. The quantitative estimate of drug-likeness (QED) is 0.219. The molecule has 0 spiro atoms. The molecule has 0 aliphatic carbocycles. The molecule has 0 amide bonds. The minimum Gasteiger partial charge on any atom is -0.481 e. The van der Waals surface area contributed by atoms with Crippen molar-refractivity contribution >= 4 is 5.97 Å². The zero-order chi connectivity index (χ0) is 19.5. The van der Waals surface area contributed by atoms with Gasteiger partial charge in [-0.15, -0.1) is 0 Å². The van der Waals surface area contributed by atoms with Crippen LogP contribution in [0.5, 0.6) is 0 Å². The summed E-state index contributed by atoms with van der Waals surface area (Å²) in [6.07, 6.45) is 20.0. The van der Waals surface area contributed by atoms with E-state index in [1.165, 1.54) is 32.1 Å². The fourth-order valence-electron chi connectivity index (χ4n) is 3.15. The molecule has 0 aromatic heterocycles. The minimum atomic E-state index is -0.686. The van der Waals surface area contributed by atoms with Crippen molar-refractivity contribution in [3.63, 3.8) is 0 Å². The van der Waals surface area contributed by atoms with E-state index in [4.69, 9.17) is 14.6 Å². The van der Waals surface area contributed by atoms with E-state index in [2.05, 4.69) is 19.1 Å². The van der Waals surface area contributed by atoms with Gasteiger partial charge in [-0.2, -0.15) is 0 Å². The molecule has 2 atom stereocenters. The van der Waals surface area contributed by atoms with Crippen LogP contribution >= 0.6 is 0 Å². The third kappa shape index (κ3) is 16.6. The summed E-state index contributed by atoms with van der Waals surface area (Å²) in [5, 5.41) is 8.61. The standard InChI is InChI=1S/C22H42O4/c1-4-5-6-10-15-20(25-2)17-13-14-18-21(26-3)16-11-8-7-9-12-19-22(23)24/h13,17,20-21H,4-12,14-16,18-19H2,1-3H3,(H,23,24). The van der Waals surface area contributed by atoms with Crippen molar-refractivity contribution in [3.8, 4) is 0 Å². The molecule has 0 fully saturated rings. The zero-order valence-electron chi connectivity index (χ0n) is 17.4. The van der Waals surface area contributed by atoms with Crippen molar-refractivity contribution in [1.82, 2.24) is 0 Å². The summed E-state index contributed by atoms with van der Waals surface area (Å²) in [4.78, 5) is 10.5. The number of allylic oxidation sites excluding steroid dienone is 1. The number of hydrogen-bond donors (Lipinski definition) is 1. The Balaban J connectivity index is 3.73. The molecule has 0 bridgehead atoms. The molecular formula is C22H42O4. The summed E-state index contributed by atoms with van der Waals surface area (Å²) < 4.78 is 11.1. The number of carbonyl (C=O) groups is 1. The molecule has 0 aliphatic heterocycles. The van der Waals surface area contributed by atoms with Gasteiger partial charge in [0.05, 0.1) is 12.2 Å². The van der Waals surface area contributed by atoms with Gasteiger partial charge in [0.25, 0.3) is 0 Å². The third-order valence-corrected chi connectivity index (χ3v) is 4.90. The molecule has 0 heterocycles. The lowest BCUT2D eigenvalue weighted by Crippen LogP contribution is -2.10. The van der Waals surface area contributed by atoms with Crippen molar-refractivity contribution in [2.75, 3.05) is 14.2 Å². The molecule has 2 unspecified atom stereocenters. The van der Waals surface area contributed by atoms with Crippen molar-refractivity contribution in [3.05, 3.63) is 12.2 Å². The normalized spacial score (nSPS) is 14.0. The van der Waals surface area contributed by atoms with Gasteiger partial charge < -0.3 is 14.6 Å². The topological polar surface area (TPSA) is 55.8 Å². The van der Waals surface area contributed by atoms with Gasteiger partial charge in [-0.25, -0.2) is 0 Å². The number of carboxylic acid groups (broad SMARTS) is 1. The number of unbranched alkanes of at least 4 members (excludes halogenated alkanes) is 7. The molecule has 154 valence electrons. The van der Waals surface area contributed by atoms with Gasteiger partial charge in [-0.05, 0) is 32.1 Å². The van der Waals surface area contributed by atoms with Crippen LogP contribution in [0.3, 0.4) is 0 Å². The van der Waals surface area contributed by atoms with Crippen LogP contribution in [0, 0.1) is 0 Å². The molecule has 0 saturated carbocycles. The highest BCUT2D eigenvalue weighted by Crippen LogP contribution is 2.15. The van der Waals surface area contributed by atoms with Crippen LogP contribution in [0.25, 0.3) is 0 Å². The van der Waals surface area contributed by atoms with Crippen LogP contribution in [0.15, 0.2) is 12.2 Å². The Morgan fingerprint density at radius 1 is 0.885 bits per heavy atom. The molecular weight excluding hydrogens is 328 g/mol. The lowest BCUT2D eigenvalue weighted by atomic mass is 10.0. The second-order valence-electron chi connectivity index (χ2n) is 7.19. The second-order valence-corrected chi connectivity index (χ2v) is 7.19. The highest BCUT2D eigenvalue weighted by Gasteiger charge is 2.07. The predicted molar refractivity (Wildman–Crippen MR) is 109 cm³/mol. The Bertz CT molecular complexity index is 341. The number of rotatable bonds is 19. The van der Waals surface area contributed by atoms with E-state index < -0.39 is 5.97 Å². The molecule has 1 N–H and O–H groups in total. The lowest BCUT2D eigenvalue weighted by Gasteiger charge is -2.14. The van der Waals surface area contributed by atoms with Crippen molar-refractivity contribution in [2.45, 2.75) is 109 Å². The number of ether oxygens (including phenoxy) is 2. The van der Waals surface area contributed by atoms with E-state index >= 15 is 0 Å². The third-order valence-electron chi connectivity index (χ3n) is 4.90. The summed E-state index contributed by atoms with van der Waals surface area (Å²) in [7, 11) is 3.59. The molecule has 4 heteroatoms. The smallest absolute Gasteiger partial charge is 0.303 e. The van der Waals surface area contributed by atoms with E-state index in [1.54, 1.807) is 14.2 Å². The average Bonchev–Trinajstić information content (AvgIpc) is 2.63. The Morgan fingerprint density at radius 3 is 2.19 bits per heavy atom. The van der Waals surface area contributed by atoms with Crippen LogP contribution in [-0.2, 0) is 14.3 Å². The van der Waals surface area contributed by atoms with Crippen LogP contribution in [0.4, 0.5) is 0 Å². The number of carboxylic acids is 1. The van der Waals surface area contributed by atoms with Gasteiger partial charge >= 0.3 is 5.97 Å². The first-order valence-corrected chi connectivity index (χ1v) is 10.6. The van der Waals surface area contributed by atoms with Crippen molar-refractivity contribution in [1.29, 1.82) is 0 Å². The van der Waals surface area contributed by atoms with E-state index in [0.29, 0.717) is 12.5 Å². The first-order valence-electron chi connectivity index (χ1n) is 10.6. The van der Waals surface area contributed by atoms with Gasteiger partial charge in [0.1, 0.15) is 0 Å². The minimum absolute atomic E-state index is 0.249. The van der Waals surface area contributed by atoms with Gasteiger partial charge in [-0.1, -0.05) is 70.4 Å². The SMILES string of the molecule is CCCCCCC(C=CCCC(CCCCCCCC(=O)O)OC)OC. The summed E-state index contributed by atoms with van der Waals surface area (Å²) in [6, 6.07) is 0. The number of hydrogen-bond acceptors (Lipinski definition) is 3. The molecule has 0 aromatic carbocycles. The van der Waals surface area contributed by atoms with Gasteiger partial charge in [0, 0.05) is 20.6 Å². The average molecular weight is 371 g/mol. The Kier molecular flexibility index (Phi) is 18.3. The van der Waals surface area contributed by atoms with Gasteiger partial charge in [-0.3, -0.25) is 4.79 Å². The van der Waals surface area contributed by atoms with E-state index in [1.807, 2.05) is 0 Å². The van der Waals surface area contributed by atoms with E-state index in [-0.39, 0.29) is 6.10 Å². The maximum absolute atomic E-state index is 10.5. The first-order chi connectivity index (χ1) is 12.6. The Labute approximate surface area is 161 Å². The zero-order valence-corrected chi connectivity index (χ0v) is 17.4. The van der Waals surface area contributed by atoms with E-state index in [9.17, 15) is 4.79 Å². The van der Waals surface area contributed by atoms with Gasteiger partial charge in [0.15, 0.2) is 0 Å². The van der Waals surface area contributed by atoms with Crippen LogP contribution in [-0.4, -0.2) is 37.5 Å². The van der Waals surface area contributed by atoms with Crippen molar-refractivity contribution < 1.29 is 19.4 Å².